The predicted octanol–water partition coefficient (Wildman–Crippen LogP) is 4.97. The number of Topliss-reactive ketones (excluding diaryl/α,β-unsaturated/α-hetero) is 1. The summed E-state index contributed by atoms with van der Waals surface area (Å²) in [5.74, 6) is 0.108. The first-order chi connectivity index (χ1) is 15.2. The van der Waals surface area contributed by atoms with Gasteiger partial charge in [-0.25, -0.2) is 4.98 Å². The molecule has 2 heterocycles. The van der Waals surface area contributed by atoms with Gasteiger partial charge in [0.25, 0.3) is 5.56 Å². The summed E-state index contributed by atoms with van der Waals surface area (Å²) in [5.41, 5.74) is 6.19. The maximum atomic E-state index is 12.4. The van der Waals surface area contributed by atoms with Crippen molar-refractivity contribution in [2.24, 2.45) is 0 Å². The first-order valence-electron chi connectivity index (χ1n) is 10.7. The zero-order chi connectivity index (χ0) is 21.2. The van der Waals surface area contributed by atoms with Gasteiger partial charge in [0.05, 0.1) is 5.69 Å². The first kappa shape index (κ1) is 19.2. The van der Waals surface area contributed by atoms with E-state index in [0.29, 0.717) is 12.1 Å². The minimum absolute atomic E-state index is 0.0145. The maximum absolute atomic E-state index is 12.4. The lowest BCUT2D eigenvalue weighted by Crippen LogP contribution is -2.20. The molecule has 0 saturated carbocycles. The Morgan fingerprint density at radius 2 is 1.68 bits per heavy atom. The summed E-state index contributed by atoms with van der Waals surface area (Å²) in [6, 6.07) is 19.2. The summed E-state index contributed by atoms with van der Waals surface area (Å²) in [7, 11) is 0. The molecule has 0 spiro atoms. The molecule has 0 fully saturated rings. The molecule has 31 heavy (non-hydrogen) atoms. The SMILES string of the molecule is O=C(Cc1ccc(Nc2ccnc3[nH]c(=O)c4c(c23)CCCC4)cc1)c1ccccc1. The van der Waals surface area contributed by atoms with Gasteiger partial charge in [0.15, 0.2) is 5.78 Å². The van der Waals surface area contributed by atoms with Gasteiger partial charge < -0.3 is 10.3 Å². The number of hydrogen-bond donors (Lipinski definition) is 2. The molecule has 4 aromatic rings. The van der Waals surface area contributed by atoms with Crippen molar-refractivity contribution >= 4 is 28.2 Å². The Morgan fingerprint density at radius 1 is 0.935 bits per heavy atom. The third-order valence-corrected chi connectivity index (χ3v) is 5.92. The number of anilines is 2. The predicted molar refractivity (Wildman–Crippen MR) is 123 cm³/mol. The first-order valence-corrected chi connectivity index (χ1v) is 10.7. The van der Waals surface area contributed by atoms with Gasteiger partial charge in [-0.15, -0.1) is 0 Å². The molecule has 0 aliphatic heterocycles. The Morgan fingerprint density at radius 3 is 2.45 bits per heavy atom. The number of rotatable bonds is 5. The van der Waals surface area contributed by atoms with Crippen molar-refractivity contribution in [3.8, 4) is 0 Å². The van der Waals surface area contributed by atoms with Gasteiger partial charge in [0, 0.05) is 34.8 Å². The number of H-pyrrole nitrogens is 1. The van der Waals surface area contributed by atoms with Crippen molar-refractivity contribution in [2.45, 2.75) is 32.1 Å². The molecule has 5 nitrogen and oxygen atoms in total. The van der Waals surface area contributed by atoms with E-state index in [0.717, 1.165) is 64.7 Å². The second-order valence-corrected chi connectivity index (χ2v) is 7.99. The average Bonchev–Trinajstić information content (AvgIpc) is 2.81. The molecule has 2 aromatic carbocycles. The third-order valence-electron chi connectivity index (χ3n) is 5.92. The van der Waals surface area contributed by atoms with Crippen LogP contribution in [0.2, 0.25) is 0 Å². The molecular weight excluding hydrogens is 386 g/mol. The van der Waals surface area contributed by atoms with Crippen molar-refractivity contribution in [1.82, 2.24) is 9.97 Å². The smallest absolute Gasteiger partial charge is 0.253 e. The molecule has 2 N–H and O–H groups in total. The van der Waals surface area contributed by atoms with E-state index in [9.17, 15) is 9.59 Å². The monoisotopic (exact) mass is 409 g/mol. The summed E-state index contributed by atoms with van der Waals surface area (Å²) in [6.07, 6.45) is 5.94. The largest absolute Gasteiger partial charge is 0.355 e. The fourth-order valence-electron chi connectivity index (χ4n) is 4.35. The van der Waals surface area contributed by atoms with Crippen LogP contribution in [0.5, 0.6) is 0 Å². The molecule has 0 bridgehead atoms. The van der Waals surface area contributed by atoms with E-state index in [-0.39, 0.29) is 11.3 Å². The number of aryl methyl sites for hydroxylation is 1. The fourth-order valence-corrected chi connectivity index (χ4v) is 4.35. The van der Waals surface area contributed by atoms with Gasteiger partial charge in [-0.1, -0.05) is 42.5 Å². The van der Waals surface area contributed by atoms with Crippen LogP contribution in [-0.4, -0.2) is 15.8 Å². The fraction of sp³-hybridized carbons (Fsp3) is 0.192. The van der Waals surface area contributed by atoms with Crippen molar-refractivity contribution in [3.05, 3.63) is 99.5 Å². The van der Waals surface area contributed by atoms with E-state index in [1.165, 1.54) is 0 Å². The van der Waals surface area contributed by atoms with E-state index in [1.54, 1.807) is 6.20 Å². The molecule has 154 valence electrons. The van der Waals surface area contributed by atoms with E-state index in [1.807, 2.05) is 60.7 Å². The maximum Gasteiger partial charge on any atom is 0.253 e. The van der Waals surface area contributed by atoms with E-state index < -0.39 is 0 Å². The lowest BCUT2D eigenvalue weighted by atomic mass is 9.90. The molecule has 2 aromatic heterocycles. The van der Waals surface area contributed by atoms with Gasteiger partial charge in [-0.05, 0) is 55.0 Å². The van der Waals surface area contributed by atoms with Crippen molar-refractivity contribution in [3.63, 3.8) is 0 Å². The highest BCUT2D eigenvalue weighted by Crippen LogP contribution is 2.31. The standard InChI is InChI=1S/C26H23N3O2/c30-23(18-6-2-1-3-7-18)16-17-10-12-19(13-11-17)28-22-14-15-27-25-24(22)20-8-4-5-9-21(20)26(31)29-25/h1-3,6-7,10-15H,4-5,8-9,16H2,(H2,27,28,29,31). The van der Waals surface area contributed by atoms with Crippen LogP contribution in [0.25, 0.3) is 11.0 Å². The number of pyridine rings is 2. The summed E-state index contributed by atoms with van der Waals surface area (Å²) < 4.78 is 0. The number of carbonyl (C=O) groups is 1. The third kappa shape index (κ3) is 3.87. The van der Waals surface area contributed by atoms with E-state index >= 15 is 0 Å². The quantitative estimate of drug-likeness (QED) is 0.456. The Kier molecular flexibility index (Phi) is 5.08. The van der Waals surface area contributed by atoms with Crippen LogP contribution in [0.1, 0.15) is 39.9 Å². The number of fused-ring (bicyclic) bond motifs is 3. The van der Waals surface area contributed by atoms with Gasteiger partial charge in [0.2, 0.25) is 0 Å². The highest BCUT2D eigenvalue weighted by molar-refractivity contribution is 5.97. The number of aromatic amines is 1. The number of aromatic nitrogens is 2. The number of hydrogen-bond acceptors (Lipinski definition) is 4. The zero-order valence-electron chi connectivity index (χ0n) is 17.2. The van der Waals surface area contributed by atoms with Crippen molar-refractivity contribution in [2.75, 3.05) is 5.32 Å². The van der Waals surface area contributed by atoms with Gasteiger partial charge in [0.1, 0.15) is 5.65 Å². The highest BCUT2D eigenvalue weighted by Gasteiger charge is 2.19. The number of nitrogens with zero attached hydrogens (tertiary/aromatic N) is 1. The van der Waals surface area contributed by atoms with Crippen LogP contribution in [0, 0.1) is 0 Å². The van der Waals surface area contributed by atoms with Gasteiger partial charge in [-0.3, -0.25) is 9.59 Å². The second kappa shape index (κ2) is 8.19. The molecule has 1 aliphatic carbocycles. The molecule has 0 radical (unpaired) electrons. The number of nitrogens with one attached hydrogen (secondary N) is 2. The van der Waals surface area contributed by atoms with Gasteiger partial charge in [-0.2, -0.15) is 0 Å². The van der Waals surface area contributed by atoms with Crippen LogP contribution >= 0.6 is 0 Å². The molecule has 5 heteroatoms. The minimum atomic E-state index is -0.0145. The van der Waals surface area contributed by atoms with Crippen LogP contribution in [0.4, 0.5) is 11.4 Å². The zero-order valence-corrected chi connectivity index (χ0v) is 17.2. The van der Waals surface area contributed by atoms with Gasteiger partial charge >= 0.3 is 0 Å². The summed E-state index contributed by atoms with van der Waals surface area (Å²) in [4.78, 5) is 32.2. The molecule has 5 rings (SSSR count). The molecule has 0 saturated heterocycles. The highest BCUT2D eigenvalue weighted by atomic mass is 16.1. The van der Waals surface area contributed by atoms with E-state index in [4.69, 9.17) is 0 Å². The molecule has 0 unspecified atom stereocenters. The number of benzene rings is 2. The Labute approximate surface area is 180 Å². The number of ketones is 1. The van der Waals surface area contributed by atoms with Crippen LogP contribution in [0.15, 0.2) is 71.7 Å². The average molecular weight is 409 g/mol. The lowest BCUT2D eigenvalue weighted by Gasteiger charge is -2.19. The molecular formula is C26H23N3O2. The van der Waals surface area contributed by atoms with E-state index in [2.05, 4.69) is 15.3 Å². The molecule has 1 aliphatic rings. The van der Waals surface area contributed by atoms with Crippen molar-refractivity contribution < 1.29 is 4.79 Å². The normalized spacial score (nSPS) is 13.0. The Balaban J connectivity index is 1.41. The van der Waals surface area contributed by atoms with Crippen molar-refractivity contribution in [1.29, 1.82) is 0 Å². The van der Waals surface area contributed by atoms with Crippen LogP contribution in [0.3, 0.4) is 0 Å². The summed E-state index contributed by atoms with van der Waals surface area (Å²) >= 11 is 0. The minimum Gasteiger partial charge on any atom is -0.355 e. The molecule has 0 atom stereocenters. The molecule has 0 amide bonds. The Bertz CT molecular complexity index is 1310. The van der Waals surface area contributed by atoms with Crippen LogP contribution in [-0.2, 0) is 19.3 Å². The summed E-state index contributed by atoms with van der Waals surface area (Å²) in [5, 5.41) is 4.48. The number of carbonyl (C=O) groups excluding carboxylic acids is 1. The summed E-state index contributed by atoms with van der Waals surface area (Å²) in [6.45, 7) is 0. The second-order valence-electron chi connectivity index (χ2n) is 7.99. The Hall–Kier alpha value is -3.73. The van der Waals surface area contributed by atoms with Crippen LogP contribution < -0.4 is 10.9 Å². The lowest BCUT2D eigenvalue weighted by molar-refractivity contribution is 0.0993. The topological polar surface area (TPSA) is 74.8 Å².